The van der Waals surface area contributed by atoms with E-state index in [4.69, 9.17) is 0 Å². The Morgan fingerprint density at radius 1 is 1.24 bits per heavy atom. The average Bonchev–Trinajstić information content (AvgIpc) is 2.76. The average molecular weight is 241 g/mol. The van der Waals surface area contributed by atoms with Crippen LogP contribution in [0.5, 0.6) is 0 Å². The molecule has 0 amide bonds. The Kier molecular flexibility index (Phi) is 6.45. The van der Waals surface area contributed by atoms with Crippen LogP contribution in [0.25, 0.3) is 0 Å². The van der Waals surface area contributed by atoms with Crippen molar-refractivity contribution in [2.75, 3.05) is 52.9 Å². The Morgan fingerprint density at radius 3 is 2.47 bits per heavy atom. The molecule has 1 N–H and O–H groups in total. The molecule has 0 aromatic rings. The van der Waals surface area contributed by atoms with Gasteiger partial charge in [0.25, 0.3) is 0 Å². The van der Waals surface area contributed by atoms with Crippen molar-refractivity contribution in [3.8, 4) is 0 Å². The zero-order valence-electron chi connectivity index (χ0n) is 12.3. The number of nitrogens with zero attached hydrogens (tertiary/aromatic N) is 2. The van der Waals surface area contributed by atoms with E-state index < -0.39 is 0 Å². The maximum absolute atomic E-state index is 3.45. The summed E-state index contributed by atoms with van der Waals surface area (Å²) in [6, 6.07) is 0. The summed E-state index contributed by atoms with van der Waals surface area (Å²) in [5, 5.41) is 3.45. The van der Waals surface area contributed by atoms with Gasteiger partial charge < -0.3 is 15.1 Å². The molecular weight excluding hydrogens is 210 g/mol. The maximum Gasteiger partial charge on any atom is 0.0109 e. The SMILES string of the molecule is CCNCC(C)(C)CN(C)CCN1CCCC1. The van der Waals surface area contributed by atoms with Crippen molar-refractivity contribution in [3.63, 3.8) is 0 Å². The van der Waals surface area contributed by atoms with Gasteiger partial charge in [0.05, 0.1) is 0 Å². The third kappa shape index (κ3) is 6.39. The second-order valence-corrected chi connectivity index (χ2v) is 6.23. The van der Waals surface area contributed by atoms with Crippen LogP contribution >= 0.6 is 0 Å². The van der Waals surface area contributed by atoms with Gasteiger partial charge in [-0.3, -0.25) is 0 Å². The topological polar surface area (TPSA) is 18.5 Å². The molecule has 3 nitrogen and oxygen atoms in total. The van der Waals surface area contributed by atoms with Crippen LogP contribution in [0, 0.1) is 5.41 Å². The third-order valence-corrected chi connectivity index (χ3v) is 3.55. The fourth-order valence-electron chi connectivity index (χ4n) is 2.65. The van der Waals surface area contributed by atoms with Gasteiger partial charge in [-0.25, -0.2) is 0 Å². The van der Waals surface area contributed by atoms with Crippen LogP contribution in [0.1, 0.15) is 33.6 Å². The Morgan fingerprint density at radius 2 is 1.88 bits per heavy atom. The smallest absolute Gasteiger partial charge is 0.0109 e. The van der Waals surface area contributed by atoms with Gasteiger partial charge in [0.15, 0.2) is 0 Å². The fraction of sp³-hybridized carbons (Fsp3) is 1.00. The summed E-state index contributed by atoms with van der Waals surface area (Å²) in [5.41, 5.74) is 0.371. The van der Waals surface area contributed by atoms with Gasteiger partial charge >= 0.3 is 0 Å². The van der Waals surface area contributed by atoms with Crippen molar-refractivity contribution in [2.24, 2.45) is 5.41 Å². The van der Waals surface area contributed by atoms with E-state index in [1.165, 1.54) is 45.6 Å². The lowest BCUT2D eigenvalue weighted by Gasteiger charge is -2.31. The first kappa shape index (κ1) is 14.9. The number of likely N-dealkylation sites (N-methyl/N-ethyl adjacent to an activating group) is 1. The minimum absolute atomic E-state index is 0.371. The highest BCUT2D eigenvalue weighted by Gasteiger charge is 2.20. The van der Waals surface area contributed by atoms with Crippen molar-refractivity contribution in [3.05, 3.63) is 0 Å². The quantitative estimate of drug-likeness (QED) is 0.697. The summed E-state index contributed by atoms with van der Waals surface area (Å²) in [5.74, 6) is 0. The number of nitrogens with one attached hydrogen (secondary N) is 1. The van der Waals surface area contributed by atoms with E-state index in [1.54, 1.807) is 0 Å². The van der Waals surface area contributed by atoms with Gasteiger partial charge in [-0.2, -0.15) is 0 Å². The molecule has 0 unspecified atom stereocenters. The lowest BCUT2D eigenvalue weighted by atomic mass is 9.93. The van der Waals surface area contributed by atoms with Crippen LogP contribution < -0.4 is 5.32 Å². The molecule has 102 valence electrons. The van der Waals surface area contributed by atoms with Crippen LogP contribution in [0.2, 0.25) is 0 Å². The summed E-state index contributed by atoms with van der Waals surface area (Å²) in [6.45, 7) is 15.3. The Labute approximate surface area is 108 Å². The first-order valence-corrected chi connectivity index (χ1v) is 7.15. The number of rotatable bonds is 8. The molecule has 0 radical (unpaired) electrons. The molecule has 0 saturated carbocycles. The summed E-state index contributed by atoms with van der Waals surface area (Å²) >= 11 is 0. The Bertz CT molecular complexity index is 198. The van der Waals surface area contributed by atoms with E-state index in [2.05, 4.69) is 42.9 Å². The summed E-state index contributed by atoms with van der Waals surface area (Å²) in [6.07, 6.45) is 2.80. The molecule has 1 aliphatic heterocycles. The fourth-order valence-corrected chi connectivity index (χ4v) is 2.65. The monoisotopic (exact) mass is 241 g/mol. The lowest BCUT2D eigenvalue weighted by molar-refractivity contribution is 0.184. The van der Waals surface area contributed by atoms with Crippen LogP contribution in [-0.4, -0.2) is 62.7 Å². The van der Waals surface area contributed by atoms with E-state index >= 15 is 0 Å². The number of hydrogen-bond acceptors (Lipinski definition) is 3. The molecule has 17 heavy (non-hydrogen) atoms. The second kappa shape index (κ2) is 7.34. The van der Waals surface area contributed by atoms with E-state index in [0.29, 0.717) is 5.41 Å². The Balaban J connectivity index is 2.15. The largest absolute Gasteiger partial charge is 0.316 e. The highest BCUT2D eigenvalue weighted by molar-refractivity contribution is 4.76. The van der Waals surface area contributed by atoms with Gasteiger partial charge in [0.2, 0.25) is 0 Å². The van der Waals surface area contributed by atoms with Crippen molar-refractivity contribution in [2.45, 2.75) is 33.6 Å². The van der Waals surface area contributed by atoms with Gasteiger partial charge in [-0.1, -0.05) is 20.8 Å². The first-order valence-electron chi connectivity index (χ1n) is 7.15. The Hall–Kier alpha value is -0.120. The van der Waals surface area contributed by atoms with Crippen LogP contribution in [0.4, 0.5) is 0 Å². The molecule has 1 fully saturated rings. The molecule has 0 atom stereocenters. The summed E-state index contributed by atoms with van der Waals surface area (Å²) in [7, 11) is 2.25. The van der Waals surface area contributed by atoms with E-state index in [0.717, 1.165) is 13.1 Å². The molecule has 1 saturated heterocycles. The molecule has 1 aliphatic rings. The van der Waals surface area contributed by atoms with Gasteiger partial charge in [-0.05, 0) is 44.9 Å². The van der Waals surface area contributed by atoms with Gasteiger partial charge in [0.1, 0.15) is 0 Å². The summed E-state index contributed by atoms with van der Waals surface area (Å²) < 4.78 is 0. The molecule has 0 aromatic carbocycles. The zero-order chi connectivity index (χ0) is 12.7. The molecule has 0 aliphatic carbocycles. The van der Waals surface area contributed by atoms with Crippen molar-refractivity contribution in [1.29, 1.82) is 0 Å². The minimum Gasteiger partial charge on any atom is -0.316 e. The number of likely N-dealkylation sites (tertiary alicyclic amines) is 1. The normalized spacial score (nSPS) is 18.2. The number of hydrogen-bond donors (Lipinski definition) is 1. The standard InChI is InChI=1S/C14H31N3/c1-5-15-12-14(2,3)13-16(4)10-11-17-8-6-7-9-17/h15H,5-13H2,1-4H3. The van der Waals surface area contributed by atoms with Crippen molar-refractivity contribution >= 4 is 0 Å². The minimum atomic E-state index is 0.371. The first-order chi connectivity index (χ1) is 8.03. The van der Waals surface area contributed by atoms with E-state index in [9.17, 15) is 0 Å². The summed E-state index contributed by atoms with van der Waals surface area (Å²) in [4.78, 5) is 5.07. The van der Waals surface area contributed by atoms with E-state index in [1.807, 2.05) is 0 Å². The second-order valence-electron chi connectivity index (χ2n) is 6.23. The third-order valence-electron chi connectivity index (χ3n) is 3.55. The molecule has 1 rings (SSSR count). The molecule has 0 bridgehead atoms. The molecule has 0 aromatic heterocycles. The highest BCUT2D eigenvalue weighted by Crippen LogP contribution is 2.15. The highest BCUT2D eigenvalue weighted by atomic mass is 15.2. The van der Waals surface area contributed by atoms with Crippen LogP contribution in [0.3, 0.4) is 0 Å². The van der Waals surface area contributed by atoms with Gasteiger partial charge in [0, 0.05) is 26.2 Å². The van der Waals surface area contributed by atoms with Crippen molar-refractivity contribution in [1.82, 2.24) is 15.1 Å². The van der Waals surface area contributed by atoms with Crippen molar-refractivity contribution < 1.29 is 0 Å². The molecule has 1 heterocycles. The molecule has 0 spiro atoms. The zero-order valence-corrected chi connectivity index (χ0v) is 12.3. The predicted molar refractivity (Wildman–Crippen MR) is 75.5 cm³/mol. The van der Waals surface area contributed by atoms with Crippen LogP contribution in [-0.2, 0) is 0 Å². The van der Waals surface area contributed by atoms with Crippen LogP contribution in [0.15, 0.2) is 0 Å². The molecule has 3 heteroatoms. The molecular formula is C14H31N3. The maximum atomic E-state index is 3.45. The predicted octanol–water partition coefficient (Wildman–Crippen LogP) is 1.65. The van der Waals surface area contributed by atoms with Gasteiger partial charge in [-0.15, -0.1) is 0 Å². The lowest BCUT2D eigenvalue weighted by Crippen LogP contribution is -2.41. The van der Waals surface area contributed by atoms with E-state index in [-0.39, 0.29) is 0 Å².